The lowest BCUT2D eigenvalue weighted by atomic mass is 9.80. The molecule has 0 bridgehead atoms. The van der Waals surface area contributed by atoms with Crippen LogP contribution in [0.3, 0.4) is 0 Å². The van der Waals surface area contributed by atoms with Gasteiger partial charge in [-0.3, -0.25) is 14.5 Å². The molecule has 1 aliphatic carbocycles. The Bertz CT molecular complexity index is 3120. The van der Waals surface area contributed by atoms with Crippen LogP contribution in [-0.4, -0.2) is 88.6 Å². The fraction of sp³-hybridized carbons (Fsp3) is 0.327. The molecule has 3 fully saturated rings. The van der Waals surface area contributed by atoms with Gasteiger partial charge in [-0.2, -0.15) is 0 Å². The molecule has 3 saturated heterocycles. The van der Waals surface area contributed by atoms with Crippen molar-refractivity contribution < 1.29 is 47.0 Å². The molecule has 7 aromatic rings. The molecule has 4 aliphatic rings. The summed E-state index contributed by atoms with van der Waals surface area (Å²) in [4.78, 5) is 11.4. The molecule has 15 nitrogen and oxygen atoms in total. The molecule has 5 heterocycles. The average molecular weight is 1040 g/mol. The molecule has 73 heavy (non-hydrogen) atoms. The molecular formula is C55H56N5O10PS2. The summed E-state index contributed by atoms with van der Waals surface area (Å²) in [5, 5.41) is 9.70. The van der Waals surface area contributed by atoms with Gasteiger partial charge in [-0.05, 0) is 121 Å². The van der Waals surface area contributed by atoms with Crippen LogP contribution in [0.15, 0.2) is 174 Å². The maximum absolute atomic E-state index is 14.7. The number of rotatable bonds is 17. The summed E-state index contributed by atoms with van der Waals surface area (Å²) in [6.07, 6.45) is 1.71. The van der Waals surface area contributed by atoms with Crippen LogP contribution in [0.5, 0.6) is 11.5 Å². The molecule has 2 aromatic heterocycles. The van der Waals surface area contributed by atoms with Gasteiger partial charge in [-0.15, -0.1) is 0 Å². The van der Waals surface area contributed by atoms with E-state index in [1.54, 1.807) is 36.0 Å². The Morgan fingerprint density at radius 2 is 1.18 bits per heavy atom. The van der Waals surface area contributed by atoms with Gasteiger partial charge in [0.05, 0.1) is 46.1 Å². The number of imidazole rings is 1. The van der Waals surface area contributed by atoms with E-state index in [1.165, 1.54) is 22.8 Å². The molecule has 7 atom stereocenters. The number of ether oxygens (including phenoxy) is 8. The average Bonchev–Trinajstić information content (AvgIpc) is 4.20. The Kier molecular flexibility index (Phi) is 13.6. The van der Waals surface area contributed by atoms with Gasteiger partial charge in [0.1, 0.15) is 53.1 Å². The largest absolute Gasteiger partial charge is 0.497 e. The molecular weight excluding hydrogens is 986 g/mol. The van der Waals surface area contributed by atoms with Crippen LogP contribution in [-0.2, 0) is 43.1 Å². The van der Waals surface area contributed by atoms with E-state index >= 15 is 0 Å². The quantitative estimate of drug-likeness (QED) is 0.0521. The lowest BCUT2D eigenvalue weighted by Gasteiger charge is -2.36. The van der Waals surface area contributed by atoms with Crippen molar-refractivity contribution in [2.75, 3.05) is 27.4 Å². The molecule has 0 amide bonds. The number of nitrogens with one attached hydrogen (secondary N) is 1. The van der Waals surface area contributed by atoms with Crippen molar-refractivity contribution >= 4 is 39.7 Å². The Labute approximate surface area is 431 Å². The van der Waals surface area contributed by atoms with Crippen LogP contribution in [0, 0.1) is 5.41 Å². The van der Waals surface area contributed by atoms with Crippen LogP contribution in [0.25, 0.3) is 11.2 Å². The molecule has 378 valence electrons. The van der Waals surface area contributed by atoms with Crippen LogP contribution < -0.4 is 15.0 Å². The third kappa shape index (κ3) is 9.72. The van der Waals surface area contributed by atoms with E-state index in [9.17, 15) is 9.97 Å². The smallest absolute Gasteiger partial charge is 0.322 e. The predicted molar refractivity (Wildman–Crippen MR) is 276 cm³/mol. The van der Waals surface area contributed by atoms with Crippen molar-refractivity contribution in [1.29, 1.82) is 5.41 Å². The second-order valence-corrected chi connectivity index (χ2v) is 26.2. The highest BCUT2D eigenvalue weighted by atomic mass is 33.1. The minimum absolute atomic E-state index is 0.0362. The zero-order valence-corrected chi connectivity index (χ0v) is 43.6. The first-order valence-electron chi connectivity index (χ1n) is 24.0. The van der Waals surface area contributed by atoms with E-state index in [-0.39, 0.29) is 18.7 Å². The Hall–Kier alpha value is -5.56. The summed E-state index contributed by atoms with van der Waals surface area (Å²) in [6.45, 7) is 7.61. The van der Waals surface area contributed by atoms with Crippen molar-refractivity contribution in [3.63, 3.8) is 0 Å². The highest BCUT2D eigenvalue weighted by Crippen LogP contribution is 2.74. The lowest BCUT2D eigenvalue weighted by molar-refractivity contribution is -0.198. The van der Waals surface area contributed by atoms with Crippen LogP contribution >= 0.6 is 28.5 Å². The summed E-state index contributed by atoms with van der Waals surface area (Å²) in [6, 6.07) is 44.6. The normalized spacial score (nSPS) is 24.1. The molecule has 0 radical (unpaired) electrons. The Balaban J connectivity index is 0.898. The van der Waals surface area contributed by atoms with Gasteiger partial charge >= 0.3 is 5.77 Å². The van der Waals surface area contributed by atoms with Gasteiger partial charge in [-0.1, -0.05) is 97.1 Å². The minimum Gasteiger partial charge on any atom is -0.497 e. The molecule has 1 N–H and O–H groups in total. The van der Waals surface area contributed by atoms with Crippen LogP contribution in [0.2, 0.25) is 0 Å². The fourth-order valence-electron chi connectivity index (χ4n) is 10.2. The molecule has 0 saturated carbocycles. The third-order valence-corrected chi connectivity index (χ3v) is 19.9. The number of benzene rings is 5. The number of fused-ring (bicyclic) bond motifs is 3. The highest BCUT2D eigenvalue weighted by Gasteiger charge is 2.57. The molecule has 5 aromatic carbocycles. The molecule has 3 aliphatic heterocycles. The van der Waals surface area contributed by atoms with Crippen molar-refractivity contribution in [3.8, 4) is 11.5 Å². The van der Waals surface area contributed by atoms with Crippen molar-refractivity contribution in [1.82, 2.24) is 19.1 Å². The van der Waals surface area contributed by atoms with Gasteiger partial charge in [0.25, 0.3) is 0 Å². The first kappa shape index (κ1) is 49.6. The van der Waals surface area contributed by atoms with Crippen molar-refractivity contribution in [2.45, 2.75) is 97.5 Å². The second-order valence-electron chi connectivity index (χ2n) is 19.1. The summed E-state index contributed by atoms with van der Waals surface area (Å²) < 4.78 is 76.2. The van der Waals surface area contributed by atoms with Crippen LogP contribution in [0.1, 0.15) is 56.7 Å². The first-order valence-corrected chi connectivity index (χ1v) is 28.5. The maximum atomic E-state index is 14.7. The van der Waals surface area contributed by atoms with Gasteiger partial charge in [0, 0.05) is 9.79 Å². The SMILES string of the molecule is COc1ccc(C(OCC2=C[C@@H](n3cnc4c(ncn4[C@@H]4O[C@H](COP(=O)(Sc5ccccc5)Sc5ccccc5)[C@H]5OC(C)(C)O[C@H]54)c3=N)[C@@H]3OC(C)(C)O[C@H]23)(c2ccccc2)c2ccc(OC)cc2)cc1. The molecule has 0 unspecified atom stereocenters. The zero-order valence-electron chi connectivity index (χ0n) is 41.1. The lowest BCUT2D eigenvalue weighted by Crippen LogP contribution is -2.36. The Morgan fingerprint density at radius 3 is 1.77 bits per heavy atom. The summed E-state index contributed by atoms with van der Waals surface area (Å²) >= 11 is 2.40. The molecule has 11 rings (SSSR count). The molecule has 0 spiro atoms. The molecule has 18 heteroatoms. The zero-order chi connectivity index (χ0) is 50.5. The van der Waals surface area contributed by atoms with Gasteiger partial charge in [0.2, 0.25) is 0 Å². The predicted octanol–water partition coefficient (Wildman–Crippen LogP) is 10.9. The van der Waals surface area contributed by atoms with Crippen molar-refractivity contribution in [2.24, 2.45) is 0 Å². The van der Waals surface area contributed by atoms with Crippen molar-refractivity contribution in [3.05, 3.63) is 186 Å². The highest BCUT2D eigenvalue weighted by molar-refractivity contribution is 8.89. The standard InChI is InChI=1S/C55H56N5O10PS2/c1-53(2)67-46-35(31-64-55(36-16-10-7-11-17-36,37-22-26-39(62-5)27-23-37)38-24-28-40(63-6)29-25-38)30-43(47(46)68-53)59-34-58-51-45(50(59)56)57-33-60(51)52-49-48(69-54(3,4)70-49)44(66-52)32-65-71(61,72-41-18-12-8-13-19-41)73-42-20-14-9-15-21-42/h7-30,33-34,43-44,46-49,52,56H,31-32H2,1-6H3/t43-,44-,46-,47+,48-,49-,52-/m1/s1. The Morgan fingerprint density at radius 1 is 0.658 bits per heavy atom. The van der Waals surface area contributed by atoms with E-state index in [0.717, 1.165) is 43.6 Å². The summed E-state index contributed by atoms with van der Waals surface area (Å²) in [5.41, 5.74) is 3.37. The van der Waals surface area contributed by atoms with Gasteiger partial charge in [-0.25, -0.2) is 9.97 Å². The van der Waals surface area contributed by atoms with E-state index in [1.807, 2.05) is 155 Å². The monoisotopic (exact) mass is 1040 g/mol. The number of aromatic nitrogens is 4. The van der Waals surface area contributed by atoms with Gasteiger partial charge < -0.3 is 47.0 Å². The van der Waals surface area contributed by atoms with E-state index in [0.29, 0.717) is 11.2 Å². The summed E-state index contributed by atoms with van der Waals surface area (Å²) in [5.74, 6) is -3.88. The number of hydrogen-bond donors (Lipinski definition) is 1. The van der Waals surface area contributed by atoms with Crippen LogP contribution in [0.4, 0.5) is 0 Å². The number of methoxy groups -OCH3 is 2. The summed E-state index contributed by atoms with van der Waals surface area (Å²) in [7, 11) is 3.30. The number of hydrogen-bond acceptors (Lipinski definition) is 15. The number of nitrogens with zero attached hydrogens (tertiary/aromatic N) is 4. The first-order chi connectivity index (χ1) is 35.2. The minimum atomic E-state index is -3.45. The fourth-order valence-corrected chi connectivity index (χ4v) is 16.7. The topological polar surface area (TPSA) is 160 Å². The van der Waals surface area contributed by atoms with E-state index in [2.05, 4.69) is 18.2 Å². The maximum Gasteiger partial charge on any atom is 0.322 e. The van der Waals surface area contributed by atoms with Gasteiger partial charge in [0.15, 0.2) is 28.9 Å². The van der Waals surface area contributed by atoms with E-state index < -0.39 is 65.7 Å². The van der Waals surface area contributed by atoms with E-state index in [4.69, 9.17) is 52.4 Å². The third-order valence-electron chi connectivity index (χ3n) is 13.4. The second kappa shape index (κ2) is 19.9.